The monoisotopic (exact) mass is 184 g/mol. The fourth-order valence-electron chi connectivity index (χ4n) is 0.633. The zero-order valence-electron chi connectivity index (χ0n) is 7.90. The van der Waals surface area contributed by atoms with Crippen LogP contribution in [0.15, 0.2) is 12.7 Å². The van der Waals surface area contributed by atoms with Crippen LogP contribution in [0.1, 0.15) is 6.92 Å². The van der Waals surface area contributed by atoms with Crippen molar-refractivity contribution < 1.29 is 14.6 Å². The van der Waals surface area contributed by atoms with Gasteiger partial charge >= 0.3 is 0 Å². The largest absolute Gasteiger partial charge is 0.388 e. The molecule has 0 aliphatic heterocycles. The Morgan fingerprint density at radius 2 is 2.31 bits per heavy atom. The van der Waals surface area contributed by atoms with Crippen molar-refractivity contribution in [1.82, 2.24) is 0 Å². The van der Waals surface area contributed by atoms with Gasteiger partial charge in [-0.15, -0.1) is 13.0 Å². The molecule has 1 N–H and O–H groups in total. The van der Waals surface area contributed by atoms with E-state index < -0.39 is 6.10 Å². The van der Waals surface area contributed by atoms with Gasteiger partial charge < -0.3 is 14.6 Å². The summed E-state index contributed by atoms with van der Waals surface area (Å²) in [5, 5.41) is 9.27. The van der Waals surface area contributed by atoms with Crippen molar-refractivity contribution in [2.75, 3.05) is 19.8 Å². The number of rotatable bonds is 7. The molecule has 0 amide bonds. The fourth-order valence-corrected chi connectivity index (χ4v) is 0.633. The highest BCUT2D eigenvalue weighted by Gasteiger charge is 2.05. The summed E-state index contributed by atoms with van der Waals surface area (Å²) >= 11 is 0. The molecule has 0 bridgehead atoms. The van der Waals surface area contributed by atoms with E-state index in [2.05, 4.69) is 12.5 Å². The van der Waals surface area contributed by atoms with Gasteiger partial charge in [-0.3, -0.25) is 0 Å². The van der Waals surface area contributed by atoms with Gasteiger partial charge in [0.15, 0.2) is 0 Å². The lowest BCUT2D eigenvalue weighted by Crippen LogP contribution is -2.24. The quantitative estimate of drug-likeness (QED) is 0.357. The van der Waals surface area contributed by atoms with E-state index in [1.165, 1.54) is 0 Å². The SMILES string of the molecule is C#CCOCC(O)COC(C)C=C. The smallest absolute Gasteiger partial charge is 0.107 e. The highest BCUT2D eigenvalue weighted by atomic mass is 16.5. The zero-order valence-corrected chi connectivity index (χ0v) is 7.90. The van der Waals surface area contributed by atoms with Gasteiger partial charge in [-0.1, -0.05) is 12.0 Å². The molecule has 0 rings (SSSR count). The summed E-state index contributed by atoms with van der Waals surface area (Å²) in [5.74, 6) is 2.31. The second-order valence-electron chi connectivity index (χ2n) is 2.65. The average molecular weight is 184 g/mol. The van der Waals surface area contributed by atoms with Gasteiger partial charge in [0.05, 0.1) is 19.3 Å². The maximum Gasteiger partial charge on any atom is 0.107 e. The minimum Gasteiger partial charge on any atom is -0.388 e. The van der Waals surface area contributed by atoms with E-state index in [1.807, 2.05) is 6.92 Å². The summed E-state index contributed by atoms with van der Waals surface area (Å²) in [6, 6.07) is 0. The molecule has 0 heterocycles. The van der Waals surface area contributed by atoms with Crippen molar-refractivity contribution >= 4 is 0 Å². The van der Waals surface area contributed by atoms with Crippen LogP contribution in [0.5, 0.6) is 0 Å². The Labute approximate surface area is 79.4 Å². The molecular formula is C10H16O3. The molecule has 0 aliphatic carbocycles. The maximum absolute atomic E-state index is 9.27. The Balaban J connectivity index is 3.35. The number of terminal acetylenes is 1. The summed E-state index contributed by atoms with van der Waals surface area (Å²) in [6.45, 7) is 6.05. The second-order valence-corrected chi connectivity index (χ2v) is 2.65. The van der Waals surface area contributed by atoms with Crippen LogP contribution in [0.4, 0.5) is 0 Å². The first-order valence-electron chi connectivity index (χ1n) is 4.14. The molecule has 0 aromatic rings. The Hall–Kier alpha value is -0.820. The van der Waals surface area contributed by atoms with E-state index in [0.29, 0.717) is 0 Å². The van der Waals surface area contributed by atoms with Crippen molar-refractivity contribution in [2.24, 2.45) is 0 Å². The standard InChI is InChI=1S/C10H16O3/c1-4-6-12-7-10(11)8-13-9(3)5-2/h1,5,9-11H,2,6-8H2,3H3. The molecule has 0 saturated heterocycles. The molecule has 0 aromatic heterocycles. The Kier molecular flexibility index (Phi) is 7.32. The van der Waals surface area contributed by atoms with E-state index >= 15 is 0 Å². The lowest BCUT2D eigenvalue weighted by atomic mass is 10.4. The first-order valence-corrected chi connectivity index (χ1v) is 4.14. The molecule has 3 heteroatoms. The zero-order chi connectivity index (χ0) is 10.1. The van der Waals surface area contributed by atoms with Crippen molar-refractivity contribution in [1.29, 1.82) is 0 Å². The summed E-state index contributed by atoms with van der Waals surface area (Å²) < 4.78 is 10.1. The number of aliphatic hydroxyl groups excluding tert-OH is 1. The van der Waals surface area contributed by atoms with Crippen molar-refractivity contribution in [2.45, 2.75) is 19.1 Å². The number of hydrogen-bond acceptors (Lipinski definition) is 3. The Morgan fingerprint density at radius 1 is 1.62 bits per heavy atom. The molecule has 0 aliphatic rings. The third-order valence-corrected chi connectivity index (χ3v) is 1.38. The number of ether oxygens (including phenoxy) is 2. The van der Waals surface area contributed by atoms with Crippen LogP contribution in [-0.4, -0.2) is 37.1 Å². The first-order chi connectivity index (χ1) is 6.20. The van der Waals surface area contributed by atoms with E-state index in [4.69, 9.17) is 15.9 Å². The molecule has 0 spiro atoms. The van der Waals surface area contributed by atoms with Crippen LogP contribution >= 0.6 is 0 Å². The number of aliphatic hydroxyl groups is 1. The summed E-state index contributed by atoms with van der Waals surface area (Å²) in [7, 11) is 0. The van der Waals surface area contributed by atoms with E-state index in [9.17, 15) is 5.11 Å². The van der Waals surface area contributed by atoms with Crippen LogP contribution in [0.3, 0.4) is 0 Å². The lowest BCUT2D eigenvalue weighted by molar-refractivity contribution is -0.0238. The molecule has 0 aromatic carbocycles. The highest BCUT2D eigenvalue weighted by molar-refractivity contribution is 4.83. The molecule has 13 heavy (non-hydrogen) atoms. The molecule has 2 unspecified atom stereocenters. The van der Waals surface area contributed by atoms with Crippen molar-refractivity contribution in [3.63, 3.8) is 0 Å². The van der Waals surface area contributed by atoms with E-state index in [-0.39, 0.29) is 25.9 Å². The number of hydrogen-bond donors (Lipinski definition) is 1. The molecule has 0 fully saturated rings. The predicted molar refractivity (Wildman–Crippen MR) is 51.3 cm³/mol. The minimum absolute atomic E-state index is 0.0534. The van der Waals surface area contributed by atoms with Gasteiger partial charge in [0.1, 0.15) is 12.7 Å². The fraction of sp³-hybridized carbons (Fsp3) is 0.600. The molecule has 3 nitrogen and oxygen atoms in total. The average Bonchev–Trinajstić information content (AvgIpc) is 2.14. The van der Waals surface area contributed by atoms with Gasteiger partial charge in [0.25, 0.3) is 0 Å². The van der Waals surface area contributed by atoms with Gasteiger partial charge in [-0.25, -0.2) is 0 Å². The topological polar surface area (TPSA) is 38.7 Å². The van der Waals surface area contributed by atoms with E-state index in [0.717, 1.165) is 0 Å². The van der Waals surface area contributed by atoms with Crippen molar-refractivity contribution in [3.05, 3.63) is 12.7 Å². The molecular weight excluding hydrogens is 168 g/mol. The second kappa shape index (κ2) is 7.81. The molecule has 0 radical (unpaired) electrons. The van der Waals surface area contributed by atoms with Crippen LogP contribution in [-0.2, 0) is 9.47 Å². The van der Waals surface area contributed by atoms with Crippen LogP contribution in [0.25, 0.3) is 0 Å². The summed E-state index contributed by atoms with van der Waals surface area (Å²) in [5.41, 5.74) is 0. The Morgan fingerprint density at radius 3 is 2.85 bits per heavy atom. The van der Waals surface area contributed by atoms with E-state index in [1.54, 1.807) is 6.08 Å². The van der Waals surface area contributed by atoms with Gasteiger partial charge in [-0.2, -0.15) is 0 Å². The van der Waals surface area contributed by atoms with Crippen LogP contribution < -0.4 is 0 Å². The minimum atomic E-state index is -0.629. The first kappa shape index (κ1) is 12.2. The summed E-state index contributed by atoms with van der Waals surface area (Å²) in [4.78, 5) is 0. The van der Waals surface area contributed by atoms with Gasteiger partial charge in [0.2, 0.25) is 0 Å². The highest BCUT2D eigenvalue weighted by Crippen LogP contribution is 1.94. The van der Waals surface area contributed by atoms with Gasteiger partial charge in [-0.05, 0) is 6.92 Å². The normalized spacial score (nSPS) is 14.5. The molecule has 0 saturated carbocycles. The van der Waals surface area contributed by atoms with Crippen LogP contribution in [0, 0.1) is 12.3 Å². The molecule has 2 atom stereocenters. The Bertz CT molecular complexity index is 171. The predicted octanol–water partition coefficient (Wildman–Crippen LogP) is 0.588. The van der Waals surface area contributed by atoms with Crippen LogP contribution in [0.2, 0.25) is 0 Å². The molecule has 74 valence electrons. The lowest BCUT2D eigenvalue weighted by Gasteiger charge is -2.13. The maximum atomic E-state index is 9.27. The summed E-state index contributed by atoms with van der Waals surface area (Å²) in [6.07, 6.45) is 5.94. The third-order valence-electron chi connectivity index (χ3n) is 1.38. The third kappa shape index (κ3) is 7.54. The van der Waals surface area contributed by atoms with Crippen molar-refractivity contribution in [3.8, 4) is 12.3 Å². The van der Waals surface area contributed by atoms with Gasteiger partial charge in [0, 0.05) is 0 Å².